The highest BCUT2D eigenvalue weighted by Gasteiger charge is 2.37. The number of fused-ring (bicyclic) bond motifs is 1. The van der Waals surface area contributed by atoms with Gasteiger partial charge in [-0.25, -0.2) is 0 Å². The molecule has 2 heterocycles. The number of hydrogen-bond acceptors (Lipinski definition) is 5. The third-order valence-electron chi connectivity index (χ3n) is 5.81. The first-order chi connectivity index (χ1) is 13.3. The molecule has 3 rings (SSSR count). The number of carbonyl (C=O) groups excluding carboxylic acids is 1. The summed E-state index contributed by atoms with van der Waals surface area (Å²) in [7, 11) is 0. The lowest BCUT2D eigenvalue weighted by atomic mass is 9.82. The number of hydrogen-bond donors (Lipinski definition) is 1. The highest BCUT2D eigenvalue weighted by atomic mass is 16.6. The minimum Gasteiger partial charge on any atom is -0.486 e. The first kappa shape index (κ1) is 20.5. The fraction of sp³-hybridized carbons (Fsp3) is 0.619. The van der Waals surface area contributed by atoms with E-state index in [-0.39, 0.29) is 18.5 Å². The van der Waals surface area contributed by atoms with Gasteiger partial charge >= 0.3 is 5.97 Å². The monoisotopic (exact) mass is 390 g/mol. The fourth-order valence-electron chi connectivity index (χ4n) is 4.06. The molecular formula is C21H30N2O5. The molecule has 1 amide bonds. The number of amides is 1. The first-order valence-corrected chi connectivity index (χ1v) is 9.98. The molecule has 1 N–H and O–H groups in total. The summed E-state index contributed by atoms with van der Waals surface area (Å²) in [6.07, 6.45) is 1.59. The molecule has 7 nitrogen and oxygen atoms in total. The average Bonchev–Trinajstić information content (AvgIpc) is 2.71. The number of aliphatic carboxylic acids is 1. The third-order valence-corrected chi connectivity index (χ3v) is 5.81. The number of carboxylic acid groups (broad SMARTS) is 1. The normalized spacial score (nSPS) is 17.6. The molecule has 0 bridgehead atoms. The van der Waals surface area contributed by atoms with Crippen molar-refractivity contribution in [3.8, 4) is 11.5 Å². The number of carbonyl (C=O) groups is 2. The van der Waals surface area contributed by atoms with Crippen molar-refractivity contribution in [3.63, 3.8) is 0 Å². The lowest BCUT2D eigenvalue weighted by Gasteiger charge is -2.40. The van der Waals surface area contributed by atoms with Crippen molar-refractivity contribution in [1.29, 1.82) is 0 Å². The lowest BCUT2D eigenvalue weighted by molar-refractivity contribution is -0.141. The average molecular weight is 390 g/mol. The summed E-state index contributed by atoms with van der Waals surface area (Å²) in [6.45, 7) is 8.96. The Labute approximate surface area is 166 Å². The maximum Gasteiger partial charge on any atom is 0.317 e. The molecule has 1 fully saturated rings. The molecule has 0 aromatic heterocycles. The number of rotatable bonds is 6. The Bertz CT molecular complexity index is 726. The van der Waals surface area contributed by atoms with E-state index in [9.17, 15) is 9.59 Å². The molecule has 2 aliphatic heterocycles. The predicted octanol–water partition coefficient (Wildman–Crippen LogP) is 2.13. The van der Waals surface area contributed by atoms with Crippen LogP contribution in [0.15, 0.2) is 18.2 Å². The Kier molecular flexibility index (Phi) is 6.13. The van der Waals surface area contributed by atoms with Gasteiger partial charge in [0.25, 0.3) is 0 Å². The Morgan fingerprint density at radius 1 is 1.18 bits per heavy atom. The standard InChI is InChI=1S/C21H30N2O5/c1-4-22(14-19(24)25)16-7-9-23(10-8-16)20(26)21(2,3)15-5-6-17-18(13-15)28-12-11-27-17/h5-6,13,16H,4,7-12,14H2,1-3H3,(H,24,25). The quantitative estimate of drug-likeness (QED) is 0.802. The van der Waals surface area contributed by atoms with Gasteiger partial charge in [0, 0.05) is 19.1 Å². The summed E-state index contributed by atoms with van der Waals surface area (Å²) in [5, 5.41) is 9.08. The third kappa shape index (κ3) is 4.24. The van der Waals surface area contributed by atoms with Crippen molar-refractivity contribution < 1.29 is 24.2 Å². The van der Waals surface area contributed by atoms with Crippen molar-refractivity contribution in [1.82, 2.24) is 9.80 Å². The molecule has 0 atom stereocenters. The minimum absolute atomic E-state index is 0.0534. The molecule has 1 saturated heterocycles. The van der Waals surface area contributed by atoms with Gasteiger partial charge in [-0.2, -0.15) is 0 Å². The number of ether oxygens (including phenoxy) is 2. The predicted molar refractivity (Wildman–Crippen MR) is 105 cm³/mol. The smallest absolute Gasteiger partial charge is 0.317 e. The van der Waals surface area contributed by atoms with Gasteiger partial charge in [-0.1, -0.05) is 13.0 Å². The molecular weight excluding hydrogens is 360 g/mol. The molecule has 1 aromatic rings. The van der Waals surface area contributed by atoms with Crippen molar-refractivity contribution in [2.45, 2.75) is 45.1 Å². The van der Waals surface area contributed by atoms with Crippen LogP contribution in [0, 0.1) is 0 Å². The minimum atomic E-state index is -0.805. The van der Waals surface area contributed by atoms with E-state index in [1.54, 1.807) is 0 Å². The molecule has 154 valence electrons. The molecule has 7 heteroatoms. The number of likely N-dealkylation sites (N-methyl/N-ethyl adjacent to an activating group) is 1. The Morgan fingerprint density at radius 3 is 2.43 bits per heavy atom. The second kappa shape index (κ2) is 8.39. The van der Waals surface area contributed by atoms with Crippen molar-refractivity contribution in [2.75, 3.05) is 39.4 Å². The molecule has 0 saturated carbocycles. The van der Waals surface area contributed by atoms with Crippen molar-refractivity contribution in [2.24, 2.45) is 0 Å². The van der Waals surface area contributed by atoms with Gasteiger partial charge in [0.1, 0.15) is 13.2 Å². The number of nitrogens with zero attached hydrogens (tertiary/aromatic N) is 2. The largest absolute Gasteiger partial charge is 0.486 e. The van der Waals surface area contributed by atoms with Gasteiger partial charge in [-0.3, -0.25) is 14.5 Å². The Hall–Kier alpha value is -2.28. The van der Waals surface area contributed by atoms with E-state index in [0.29, 0.717) is 38.6 Å². The molecule has 0 unspecified atom stereocenters. The van der Waals surface area contributed by atoms with Crippen LogP contribution in [-0.2, 0) is 15.0 Å². The Balaban J connectivity index is 1.66. The molecule has 0 aliphatic carbocycles. The van der Waals surface area contributed by atoms with Gasteiger partial charge in [0.15, 0.2) is 11.5 Å². The van der Waals surface area contributed by atoms with E-state index in [0.717, 1.165) is 24.2 Å². The molecule has 28 heavy (non-hydrogen) atoms. The fourth-order valence-corrected chi connectivity index (χ4v) is 4.06. The maximum atomic E-state index is 13.3. The van der Waals surface area contributed by atoms with Crippen molar-refractivity contribution in [3.05, 3.63) is 23.8 Å². The summed E-state index contributed by atoms with van der Waals surface area (Å²) in [6, 6.07) is 5.92. The van der Waals surface area contributed by atoms with Crippen LogP contribution in [0.25, 0.3) is 0 Å². The van der Waals surface area contributed by atoms with Gasteiger partial charge in [-0.15, -0.1) is 0 Å². The molecule has 1 aromatic carbocycles. The maximum absolute atomic E-state index is 13.3. The summed E-state index contributed by atoms with van der Waals surface area (Å²) in [5.74, 6) is 0.691. The summed E-state index contributed by atoms with van der Waals surface area (Å²) in [5.41, 5.74) is 0.235. The zero-order valence-electron chi connectivity index (χ0n) is 16.9. The summed E-state index contributed by atoms with van der Waals surface area (Å²) in [4.78, 5) is 28.2. The van der Waals surface area contributed by atoms with Gasteiger partial charge in [0.2, 0.25) is 5.91 Å². The van der Waals surface area contributed by atoms with E-state index in [2.05, 4.69) is 0 Å². The van der Waals surface area contributed by atoms with Crippen LogP contribution in [0.1, 0.15) is 39.2 Å². The Morgan fingerprint density at radius 2 is 1.82 bits per heavy atom. The second-order valence-electron chi connectivity index (χ2n) is 7.96. The van der Waals surface area contributed by atoms with Gasteiger partial charge in [0.05, 0.1) is 12.0 Å². The van der Waals surface area contributed by atoms with Crippen molar-refractivity contribution >= 4 is 11.9 Å². The van der Waals surface area contributed by atoms with E-state index in [1.807, 2.05) is 48.8 Å². The van der Waals surface area contributed by atoms with Crippen LogP contribution in [0.2, 0.25) is 0 Å². The van der Waals surface area contributed by atoms with E-state index >= 15 is 0 Å². The second-order valence-corrected chi connectivity index (χ2v) is 7.96. The highest BCUT2D eigenvalue weighted by molar-refractivity contribution is 5.87. The lowest BCUT2D eigenvalue weighted by Crippen LogP contribution is -2.51. The van der Waals surface area contributed by atoms with E-state index < -0.39 is 11.4 Å². The van der Waals surface area contributed by atoms with Crippen LogP contribution >= 0.6 is 0 Å². The van der Waals surface area contributed by atoms with E-state index in [1.165, 1.54) is 0 Å². The van der Waals surface area contributed by atoms with Crippen LogP contribution in [0.3, 0.4) is 0 Å². The zero-order chi connectivity index (χ0) is 20.3. The molecule has 0 spiro atoms. The highest BCUT2D eigenvalue weighted by Crippen LogP contribution is 2.36. The molecule has 2 aliphatic rings. The van der Waals surface area contributed by atoms with Crippen LogP contribution in [0.4, 0.5) is 0 Å². The summed E-state index contributed by atoms with van der Waals surface area (Å²) >= 11 is 0. The first-order valence-electron chi connectivity index (χ1n) is 9.98. The SMILES string of the molecule is CCN(CC(=O)O)C1CCN(C(=O)C(C)(C)c2ccc3c(c2)OCCO3)CC1. The zero-order valence-corrected chi connectivity index (χ0v) is 16.9. The number of benzene rings is 1. The van der Waals surface area contributed by atoms with Crippen LogP contribution in [-0.4, -0.2) is 72.2 Å². The van der Waals surface area contributed by atoms with Crippen LogP contribution < -0.4 is 9.47 Å². The number of piperidine rings is 1. The van der Waals surface area contributed by atoms with Crippen LogP contribution in [0.5, 0.6) is 11.5 Å². The summed E-state index contributed by atoms with van der Waals surface area (Å²) < 4.78 is 11.2. The van der Waals surface area contributed by atoms with Gasteiger partial charge in [-0.05, 0) is 50.9 Å². The van der Waals surface area contributed by atoms with E-state index in [4.69, 9.17) is 14.6 Å². The topological polar surface area (TPSA) is 79.3 Å². The van der Waals surface area contributed by atoms with Gasteiger partial charge < -0.3 is 19.5 Å². The molecule has 0 radical (unpaired) electrons. The number of likely N-dealkylation sites (tertiary alicyclic amines) is 1. The number of carboxylic acids is 1.